The maximum absolute atomic E-state index is 13.3. The summed E-state index contributed by atoms with van der Waals surface area (Å²) in [5.41, 5.74) is 3.83. The van der Waals surface area contributed by atoms with Gasteiger partial charge in [-0.05, 0) is 29.3 Å². The Labute approximate surface area is 184 Å². The van der Waals surface area contributed by atoms with E-state index in [4.69, 9.17) is 21.6 Å². The normalized spacial score (nSPS) is 17.3. The number of fused-ring (bicyclic) bond motifs is 3. The van der Waals surface area contributed by atoms with E-state index < -0.39 is 6.04 Å². The Morgan fingerprint density at radius 3 is 2.50 bits per heavy atom. The highest BCUT2D eigenvalue weighted by Gasteiger charge is 2.41. The van der Waals surface area contributed by atoms with E-state index in [0.717, 1.165) is 22.4 Å². The summed E-state index contributed by atoms with van der Waals surface area (Å²) in [4.78, 5) is 24.6. The van der Waals surface area contributed by atoms with Crippen molar-refractivity contribution in [2.24, 2.45) is 9.98 Å². The number of amidine groups is 2. The molecule has 5 rings (SSSR count). The van der Waals surface area contributed by atoms with Crippen LogP contribution in [0.1, 0.15) is 16.7 Å². The van der Waals surface area contributed by atoms with Gasteiger partial charge in [-0.1, -0.05) is 84.0 Å². The van der Waals surface area contributed by atoms with Gasteiger partial charge in [-0.25, -0.2) is 9.89 Å². The fourth-order valence-corrected chi connectivity index (χ4v) is 4.91. The number of carbonyl (C=O) groups is 1. The summed E-state index contributed by atoms with van der Waals surface area (Å²) in [5, 5.41) is 1.36. The third-order valence-electron chi connectivity index (χ3n) is 5.13. The monoisotopic (exact) mass is 431 g/mol. The number of aliphatic imine (C=N–C) groups is 2. The quantitative estimate of drug-likeness (QED) is 0.549. The van der Waals surface area contributed by atoms with Gasteiger partial charge in [0, 0.05) is 22.8 Å². The van der Waals surface area contributed by atoms with E-state index in [2.05, 4.69) is 0 Å². The molecule has 0 unspecified atom stereocenters. The molecular weight excluding hydrogens is 414 g/mol. The average Bonchev–Trinajstić information content (AvgIpc) is 3.10. The molecule has 3 aromatic rings. The molecule has 0 bridgehead atoms. The lowest BCUT2D eigenvalue weighted by Gasteiger charge is -2.25. The number of nitrogens with zero attached hydrogens (tertiary/aromatic N) is 3. The van der Waals surface area contributed by atoms with Crippen molar-refractivity contribution in [1.82, 2.24) is 4.90 Å². The zero-order chi connectivity index (χ0) is 20.5. The predicted molar refractivity (Wildman–Crippen MR) is 124 cm³/mol. The lowest BCUT2D eigenvalue weighted by molar-refractivity contribution is -0.124. The van der Waals surface area contributed by atoms with Crippen LogP contribution in [-0.2, 0) is 17.0 Å². The number of amides is 1. The zero-order valence-electron chi connectivity index (χ0n) is 16.0. The first-order chi connectivity index (χ1) is 14.7. The number of hydrogen-bond donors (Lipinski definition) is 0. The largest absolute Gasteiger partial charge is 0.271 e. The molecular formula is C24H18ClN3OS. The molecule has 0 aliphatic carbocycles. The third-order valence-corrected chi connectivity index (χ3v) is 6.49. The van der Waals surface area contributed by atoms with E-state index in [-0.39, 0.29) is 5.91 Å². The van der Waals surface area contributed by atoms with Crippen LogP contribution in [-0.4, -0.2) is 27.9 Å². The molecule has 148 valence electrons. The number of hydrogen-bond acceptors (Lipinski definition) is 4. The maximum Gasteiger partial charge on any atom is 0.259 e. The van der Waals surface area contributed by atoms with Gasteiger partial charge in [0.15, 0.2) is 5.17 Å². The third kappa shape index (κ3) is 3.55. The molecule has 1 atom stereocenters. The van der Waals surface area contributed by atoms with Crippen LogP contribution in [0.15, 0.2) is 88.8 Å². The first-order valence-electron chi connectivity index (χ1n) is 9.71. The van der Waals surface area contributed by atoms with Gasteiger partial charge in [0.05, 0.1) is 5.69 Å². The van der Waals surface area contributed by atoms with Crippen molar-refractivity contribution < 1.29 is 4.79 Å². The number of thioether (sulfide) groups is 1. The molecule has 1 amide bonds. The van der Waals surface area contributed by atoms with Gasteiger partial charge in [0.1, 0.15) is 11.9 Å². The van der Waals surface area contributed by atoms with Crippen LogP contribution < -0.4 is 0 Å². The molecule has 2 aliphatic heterocycles. The number of rotatable bonds is 4. The number of halogens is 1. The highest BCUT2D eigenvalue weighted by atomic mass is 35.5. The predicted octanol–water partition coefficient (Wildman–Crippen LogP) is 5.47. The zero-order valence-corrected chi connectivity index (χ0v) is 17.6. The minimum Gasteiger partial charge on any atom is -0.271 e. The van der Waals surface area contributed by atoms with Crippen molar-refractivity contribution in [1.29, 1.82) is 0 Å². The molecule has 0 fully saturated rings. The number of carbonyl (C=O) groups excluding carboxylic acids is 1. The Balaban J connectivity index is 1.47. The standard InChI is InChI=1S/C24H18ClN3OS/c25-19-12-6-4-10-17(19)15-30-24-27-20-13-7-5-11-18(20)22-26-21(23(29)28(22)24)14-16-8-2-1-3-9-16/h1-13,21H,14-15H2/t21-/m0/s1. The van der Waals surface area contributed by atoms with Gasteiger partial charge >= 0.3 is 0 Å². The van der Waals surface area contributed by atoms with Crippen molar-refractivity contribution in [2.75, 3.05) is 0 Å². The van der Waals surface area contributed by atoms with Gasteiger partial charge in [-0.3, -0.25) is 9.79 Å². The fraction of sp³-hybridized carbons (Fsp3) is 0.125. The maximum atomic E-state index is 13.3. The second-order valence-electron chi connectivity index (χ2n) is 7.12. The minimum atomic E-state index is -0.445. The van der Waals surface area contributed by atoms with Crippen LogP contribution in [0, 0.1) is 0 Å². The number of para-hydroxylation sites is 1. The summed E-state index contributed by atoms with van der Waals surface area (Å²) in [6, 6.07) is 25.1. The number of benzene rings is 3. The van der Waals surface area contributed by atoms with Gasteiger partial charge in [0.25, 0.3) is 5.91 Å². The summed E-state index contributed by atoms with van der Waals surface area (Å²) in [6.07, 6.45) is 0.574. The van der Waals surface area contributed by atoms with Crippen LogP contribution in [0.2, 0.25) is 5.02 Å². The second-order valence-corrected chi connectivity index (χ2v) is 8.47. The lowest BCUT2D eigenvalue weighted by atomic mass is 10.1. The van der Waals surface area contributed by atoms with E-state index in [0.29, 0.717) is 28.2 Å². The van der Waals surface area contributed by atoms with Crippen molar-refractivity contribution in [3.05, 3.63) is 101 Å². The summed E-state index contributed by atoms with van der Waals surface area (Å²) in [7, 11) is 0. The van der Waals surface area contributed by atoms with Crippen LogP contribution >= 0.6 is 23.4 Å². The first kappa shape index (κ1) is 19.1. The molecule has 3 aromatic carbocycles. The molecule has 0 radical (unpaired) electrons. The smallest absolute Gasteiger partial charge is 0.259 e. The summed E-state index contributed by atoms with van der Waals surface area (Å²) < 4.78 is 0. The van der Waals surface area contributed by atoms with E-state index in [1.54, 1.807) is 4.90 Å². The van der Waals surface area contributed by atoms with Crippen LogP contribution in [0.4, 0.5) is 5.69 Å². The molecule has 30 heavy (non-hydrogen) atoms. The Morgan fingerprint density at radius 2 is 1.67 bits per heavy atom. The highest BCUT2D eigenvalue weighted by molar-refractivity contribution is 8.13. The molecule has 0 saturated carbocycles. The Bertz CT molecular complexity index is 1180. The van der Waals surface area contributed by atoms with Crippen molar-refractivity contribution in [2.45, 2.75) is 18.2 Å². The molecule has 0 spiro atoms. The highest BCUT2D eigenvalue weighted by Crippen LogP contribution is 2.35. The van der Waals surface area contributed by atoms with Gasteiger partial charge in [0.2, 0.25) is 0 Å². The Kier molecular flexibility index (Phi) is 5.15. The average molecular weight is 432 g/mol. The van der Waals surface area contributed by atoms with Crippen molar-refractivity contribution in [3.8, 4) is 0 Å². The van der Waals surface area contributed by atoms with E-state index in [9.17, 15) is 4.79 Å². The van der Waals surface area contributed by atoms with Crippen molar-refractivity contribution in [3.63, 3.8) is 0 Å². The van der Waals surface area contributed by atoms with Gasteiger partial charge in [-0.2, -0.15) is 0 Å². The molecule has 2 heterocycles. The van der Waals surface area contributed by atoms with Crippen LogP contribution in [0.5, 0.6) is 0 Å². The summed E-state index contributed by atoms with van der Waals surface area (Å²) in [5.74, 6) is 1.28. The summed E-state index contributed by atoms with van der Waals surface area (Å²) >= 11 is 7.83. The van der Waals surface area contributed by atoms with Crippen LogP contribution in [0.3, 0.4) is 0 Å². The molecule has 2 aliphatic rings. The Morgan fingerprint density at radius 1 is 0.933 bits per heavy atom. The van der Waals surface area contributed by atoms with E-state index in [1.807, 2.05) is 78.9 Å². The molecule has 0 aromatic heterocycles. The SMILES string of the molecule is O=C1[C@H](Cc2ccccc2)N=C2c3ccccc3N=C(SCc3ccccc3Cl)N12. The Hall–Kier alpha value is -2.89. The first-order valence-corrected chi connectivity index (χ1v) is 11.1. The van der Waals surface area contributed by atoms with Gasteiger partial charge in [-0.15, -0.1) is 0 Å². The molecule has 0 N–H and O–H groups in total. The van der Waals surface area contributed by atoms with Crippen LogP contribution in [0.25, 0.3) is 0 Å². The van der Waals surface area contributed by atoms with Gasteiger partial charge < -0.3 is 0 Å². The second kappa shape index (κ2) is 8.09. The van der Waals surface area contributed by atoms with E-state index in [1.165, 1.54) is 11.8 Å². The minimum absolute atomic E-state index is 0.0336. The lowest BCUT2D eigenvalue weighted by Crippen LogP contribution is -2.41. The van der Waals surface area contributed by atoms with Crippen molar-refractivity contribution >= 4 is 46.0 Å². The molecule has 4 nitrogen and oxygen atoms in total. The summed E-state index contributed by atoms with van der Waals surface area (Å²) in [6.45, 7) is 0. The molecule has 0 saturated heterocycles. The fourth-order valence-electron chi connectivity index (χ4n) is 3.63. The van der Waals surface area contributed by atoms with E-state index >= 15 is 0 Å². The topological polar surface area (TPSA) is 45.0 Å². The molecule has 6 heteroatoms.